The van der Waals surface area contributed by atoms with Crippen LogP contribution >= 0.6 is 0 Å². The monoisotopic (exact) mass is 618 g/mol. The summed E-state index contributed by atoms with van der Waals surface area (Å²) in [5, 5.41) is 44.7. The van der Waals surface area contributed by atoms with Crippen molar-refractivity contribution in [2.24, 2.45) is 0 Å². The van der Waals surface area contributed by atoms with Crippen molar-refractivity contribution < 1.29 is 53.9 Å². The van der Waals surface area contributed by atoms with E-state index in [1.165, 1.54) is 24.3 Å². The van der Waals surface area contributed by atoms with E-state index in [-0.39, 0.29) is 92.8 Å². The van der Waals surface area contributed by atoms with E-state index < -0.39 is 64.1 Å². The summed E-state index contributed by atoms with van der Waals surface area (Å²) in [6.45, 7) is -0.721. The largest absolute Gasteiger partial charge is 0.507 e. The molecule has 2 heterocycles. The molecule has 46 heavy (non-hydrogen) atoms. The third-order valence-electron chi connectivity index (χ3n) is 9.33. The van der Waals surface area contributed by atoms with Gasteiger partial charge in [-0.1, -0.05) is 48.5 Å². The maximum absolute atomic E-state index is 13.7. The number of phenolic OH excluding ortho intramolecular Hbond substituents is 4. The Morgan fingerprint density at radius 1 is 0.500 bits per heavy atom. The lowest BCUT2D eigenvalue weighted by molar-refractivity contribution is -0.146. The van der Waals surface area contributed by atoms with Gasteiger partial charge in [-0.15, -0.1) is 0 Å². The molecule has 11 heteroatoms. The van der Waals surface area contributed by atoms with Gasteiger partial charge in [0.05, 0.1) is 35.5 Å². The molecule has 0 bridgehead atoms. The maximum Gasteiger partial charge on any atom is 0.198 e. The molecule has 8 rings (SSSR count). The Morgan fingerprint density at radius 3 is 1.09 bits per heavy atom. The fourth-order valence-electron chi connectivity index (χ4n) is 7.01. The van der Waals surface area contributed by atoms with Gasteiger partial charge in [0, 0.05) is 57.3 Å². The summed E-state index contributed by atoms with van der Waals surface area (Å²) in [6.07, 6.45) is -2.95. The number of rotatable bonds is 2. The van der Waals surface area contributed by atoms with Crippen LogP contribution in [0.15, 0.2) is 48.5 Å². The topological polar surface area (TPSA) is 185 Å². The van der Waals surface area contributed by atoms with Gasteiger partial charge in [-0.3, -0.25) is 24.0 Å². The zero-order chi connectivity index (χ0) is 32.2. The molecule has 0 fully saturated rings. The second-order valence-electron chi connectivity index (χ2n) is 11.6. The van der Waals surface area contributed by atoms with Crippen LogP contribution in [0.2, 0.25) is 0 Å². The summed E-state index contributed by atoms with van der Waals surface area (Å²) in [6, 6.07) is 12.2. The molecule has 2 atom stereocenters. The smallest absolute Gasteiger partial charge is 0.198 e. The number of hydrogen-bond acceptors (Lipinski definition) is 11. The van der Waals surface area contributed by atoms with Gasteiger partial charge in [0.15, 0.2) is 28.9 Å². The normalized spacial score (nSPS) is 19.4. The fraction of sp³-hybridized carbons (Fsp3) is 0.171. The van der Waals surface area contributed by atoms with Crippen LogP contribution in [0, 0.1) is 0 Å². The van der Waals surface area contributed by atoms with E-state index in [1.807, 2.05) is 0 Å². The Labute approximate surface area is 259 Å². The Hall–Kier alpha value is -5.65. The number of aromatic hydroxyl groups is 4. The first kappa shape index (κ1) is 27.9. The van der Waals surface area contributed by atoms with Gasteiger partial charge in [-0.2, -0.15) is 0 Å². The number of carbonyl (C=O) groups is 5. The Bertz CT molecular complexity index is 2010. The van der Waals surface area contributed by atoms with Crippen LogP contribution in [0.4, 0.5) is 0 Å². The molecule has 0 spiro atoms. The molecule has 4 aliphatic rings. The molecule has 4 aromatic rings. The van der Waals surface area contributed by atoms with E-state index >= 15 is 0 Å². The van der Waals surface area contributed by atoms with Crippen LogP contribution < -0.4 is 0 Å². The van der Waals surface area contributed by atoms with E-state index in [0.717, 1.165) is 0 Å². The van der Waals surface area contributed by atoms with Gasteiger partial charge < -0.3 is 29.9 Å². The highest BCUT2D eigenvalue weighted by Crippen LogP contribution is 2.47. The zero-order valence-electron chi connectivity index (χ0n) is 23.7. The van der Waals surface area contributed by atoms with Gasteiger partial charge in [0.2, 0.25) is 0 Å². The number of ether oxygens (including phenoxy) is 2. The van der Waals surface area contributed by atoms with Gasteiger partial charge in [-0.25, -0.2) is 0 Å². The van der Waals surface area contributed by atoms with Gasteiger partial charge in [0.1, 0.15) is 35.2 Å². The molecule has 11 nitrogen and oxygen atoms in total. The zero-order valence-corrected chi connectivity index (χ0v) is 23.7. The molecule has 0 amide bonds. The Kier molecular flexibility index (Phi) is 5.86. The van der Waals surface area contributed by atoms with Crippen LogP contribution in [-0.2, 0) is 40.3 Å². The van der Waals surface area contributed by atoms with Crippen LogP contribution in [0.5, 0.6) is 23.0 Å². The molecular formula is C35H22O11. The average Bonchev–Trinajstić information content (AvgIpc) is 3.08. The third kappa shape index (κ3) is 3.57. The number of ketones is 5. The number of fused-ring (bicyclic) bond motifs is 6. The molecular weight excluding hydrogens is 596 g/mol. The third-order valence-corrected chi connectivity index (χ3v) is 9.33. The van der Waals surface area contributed by atoms with Gasteiger partial charge >= 0.3 is 0 Å². The number of benzene rings is 4. The summed E-state index contributed by atoms with van der Waals surface area (Å²) in [4.78, 5) is 66.8. The highest BCUT2D eigenvalue weighted by molar-refractivity contribution is 6.31. The number of carbonyl (C=O) groups excluding carboxylic acids is 5. The summed E-state index contributed by atoms with van der Waals surface area (Å²) < 4.78 is 11.5. The predicted octanol–water partition coefficient (Wildman–Crippen LogP) is 3.21. The van der Waals surface area contributed by atoms with Crippen LogP contribution in [0.25, 0.3) is 0 Å². The number of phenols is 4. The molecule has 4 N–H and O–H groups in total. The summed E-state index contributed by atoms with van der Waals surface area (Å²) >= 11 is 0. The van der Waals surface area contributed by atoms with Crippen molar-refractivity contribution >= 4 is 28.9 Å². The second kappa shape index (κ2) is 9.67. The molecule has 2 aliphatic carbocycles. The lowest BCUT2D eigenvalue weighted by atomic mass is 9.78. The van der Waals surface area contributed by atoms with Crippen molar-refractivity contribution in [3.63, 3.8) is 0 Å². The fourth-order valence-corrected chi connectivity index (χ4v) is 7.01. The van der Waals surface area contributed by atoms with E-state index in [0.29, 0.717) is 0 Å². The molecule has 0 saturated heterocycles. The molecule has 2 unspecified atom stereocenters. The van der Waals surface area contributed by atoms with Crippen LogP contribution in [0.1, 0.15) is 85.9 Å². The van der Waals surface area contributed by atoms with Crippen molar-refractivity contribution in [2.45, 2.75) is 38.3 Å². The van der Waals surface area contributed by atoms with Crippen molar-refractivity contribution in [2.75, 3.05) is 0 Å². The summed E-state index contributed by atoms with van der Waals surface area (Å²) in [7, 11) is 0. The number of Topliss-reactive ketones (excluding diaryl/α,β-unsaturated/α-hetero) is 1. The van der Waals surface area contributed by atoms with Crippen molar-refractivity contribution in [3.05, 3.63) is 115 Å². The first-order valence-electron chi connectivity index (χ1n) is 14.4. The summed E-state index contributed by atoms with van der Waals surface area (Å²) in [5.41, 5.74) is -0.671. The van der Waals surface area contributed by atoms with Gasteiger partial charge in [0.25, 0.3) is 0 Å². The molecule has 228 valence electrons. The summed E-state index contributed by atoms with van der Waals surface area (Å²) in [5.74, 6) is -5.18. The van der Waals surface area contributed by atoms with E-state index in [2.05, 4.69) is 0 Å². The average molecular weight is 619 g/mol. The Morgan fingerprint density at radius 2 is 0.783 bits per heavy atom. The lowest BCUT2D eigenvalue weighted by Crippen LogP contribution is -2.42. The van der Waals surface area contributed by atoms with Crippen molar-refractivity contribution in [3.8, 4) is 23.0 Å². The van der Waals surface area contributed by atoms with Crippen LogP contribution in [-0.4, -0.2) is 61.6 Å². The van der Waals surface area contributed by atoms with E-state index in [1.54, 1.807) is 24.3 Å². The molecule has 0 saturated carbocycles. The van der Waals surface area contributed by atoms with E-state index in [4.69, 9.17) is 9.47 Å². The second-order valence-corrected chi connectivity index (χ2v) is 11.6. The molecule has 0 aromatic heterocycles. The SMILES string of the molecule is O=C1c2ccccc2C(=O)c2c(O)c3c(c(O)c21)COC(C(=O)C1Cc2c(O)c4c(c(O)c2CO1)C(=O)c1ccccc1C4=O)C3. The van der Waals surface area contributed by atoms with Crippen LogP contribution in [0.3, 0.4) is 0 Å². The maximum atomic E-state index is 13.7. The first-order valence-corrected chi connectivity index (χ1v) is 14.4. The molecule has 2 aliphatic heterocycles. The highest BCUT2D eigenvalue weighted by atomic mass is 16.5. The first-order chi connectivity index (χ1) is 22.1. The minimum atomic E-state index is -1.22. The quantitative estimate of drug-likeness (QED) is 0.209. The molecule has 0 radical (unpaired) electrons. The standard InChI is InChI=1S/C35H22O11/c36-27-13-5-1-3-7-15(13)29(38)25-23(27)31(40)17-9-21(45-11-19(17)33(25)42)35(44)22-10-18-20(12-46-22)34(43)26-24(32(18)41)28(37)14-6-2-4-8-16(14)30(26)39/h1-8,21-22,40-43H,9-12H2. The predicted molar refractivity (Wildman–Crippen MR) is 156 cm³/mol. The van der Waals surface area contributed by atoms with E-state index in [9.17, 15) is 44.4 Å². The minimum Gasteiger partial charge on any atom is -0.507 e. The van der Waals surface area contributed by atoms with Crippen molar-refractivity contribution in [1.82, 2.24) is 0 Å². The van der Waals surface area contributed by atoms with Gasteiger partial charge in [-0.05, 0) is 0 Å². The molecule has 4 aromatic carbocycles. The Balaban J connectivity index is 1.12. The lowest BCUT2D eigenvalue weighted by Gasteiger charge is -2.33. The number of hydrogen-bond donors (Lipinski definition) is 4. The highest BCUT2D eigenvalue weighted by Gasteiger charge is 2.44. The van der Waals surface area contributed by atoms with Crippen molar-refractivity contribution in [1.29, 1.82) is 0 Å². The minimum absolute atomic E-state index is 0.0772.